The van der Waals surface area contributed by atoms with Gasteiger partial charge < -0.3 is 10.4 Å². The van der Waals surface area contributed by atoms with Crippen molar-refractivity contribution in [1.82, 2.24) is 4.90 Å². The second-order valence-electron chi connectivity index (χ2n) is 5.34. The van der Waals surface area contributed by atoms with E-state index in [2.05, 4.69) is 21.2 Å². The monoisotopic (exact) mass is 394 g/mol. The van der Waals surface area contributed by atoms with Gasteiger partial charge >= 0.3 is 12.1 Å². The minimum Gasteiger partial charge on any atom is -0.481 e. The van der Waals surface area contributed by atoms with E-state index in [0.717, 1.165) is 4.47 Å². The number of alkyl halides is 3. The van der Waals surface area contributed by atoms with Crippen LogP contribution >= 0.6 is 15.9 Å². The topological polar surface area (TPSA) is 69.6 Å². The van der Waals surface area contributed by atoms with E-state index in [1.807, 2.05) is 0 Å². The number of rotatable bonds is 4. The molecular weight excluding hydrogens is 381 g/mol. The Hall–Kier alpha value is -1.61. The number of anilines is 1. The molecule has 1 aromatic rings. The van der Waals surface area contributed by atoms with Crippen molar-refractivity contribution in [2.75, 3.05) is 25.0 Å². The highest BCUT2D eigenvalue weighted by atomic mass is 79.9. The first kappa shape index (κ1) is 17.7. The third kappa shape index (κ3) is 4.68. The van der Waals surface area contributed by atoms with Gasteiger partial charge in [-0.05, 0) is 24.3 Å². The molecule has 0 spiro atoms. The van der Waals surface area contributed by atoms with Crippen LogP contribution in [0.25, 0.3) is 0 Å². The van der Waals surface area contributed by atoms with Crippen LogP contribution < -0.4 is 5.32 Å². The number of benzene rings is 1. The summed E-state index contributed by atoms with van der Waals surface area (Å²) in [6, 6.07) is 6.71. The molecule has 1 aliphatic rings. The molecule has 126 valence electrons. The number of aliphatic carboxylic acids is 1. The van der Waals surface area contributed by atoms with Gasteiger partial charge in [0.05, 0.1) is 18.4 Å². The second-order valence-corrected chi connectivity index (χ2v) is 6.26. The zero-order chi connectivity index (χ0) is 17.2. The van der Waals surface area contributed by atoms with Gasteiger partial charge in [0.15, 0.2) is 0 Å². The van der Waals surface area contributed by atoms with Crippen molar-refractivity contribution in [2.45, 2.75) is 6.18 Å². The number of hydrogen-bond acceptors (Lipinski definition) is 3. The first-order valence-electron chi connectivity index (χ1n) is 6.74. The van der Waals surface area contributed by atoms with E-state index in [9.17, 15) is 22.8 Å². The molecule has 1 amide bonds. The molecule has 0 unspecified atom stereocenters. The molecule has 9 heteroatoms. The Kier molecular flexibility index (Phi) is 5.30. The Balaban J connectivity index is 1.96. The lowest BCUT2D eigenvalue weighted by molar-refractivity contribution is -0.188. The van der Waals surface area contributed by atoms with Crippen molar-refractivity contribution in [3.8, 4) is 0 Å². The average Bonchev–Trinajstić information content (AvgIpc) is 2.85. The van der Waals surface area contributed by atoms with Crippen molar-refractivity contribution in [3.05, 3.63) is 28.7 Å². The zero-order valence-electron chi connectivity index (χ0n) is 11.8. The number of likely N-dealkylation sites (tertiary alicyclic amines) is 1. The molecular formula is C14H14BrF3N2O3. The lowest BCUT2D eigenvalue weighted by Gasteiger charge is -2.18. The molecule has 2 atom stereocenters. The summed E-state index contributed by atoms with van der Waals surface area (Å²) in [6.45, 7) is -1.08. The summed E-state index contributed by atoms with van der Waals surface area (Å²) in [6.07, 6.45) is -4.60. The van der Waals surface area contributed by atoms with Gasteiger partial charge in [-0.25, -0.2) is 0 Å². The lowest BCUT2D eigenvalue weighted by atomic mass is 9.96. The van der Waals surface area contributed by atoms with Crippen LogP contribution in [0.2, 0.25) is 0 Å². The van der Waals surface area contributed by atoms with E-state index in [1.165, 1.54) is 4.90 Å². The number of carbonyl (C=O) groups is 2. The molecule has 0 bridgehead atoms. The predicted molar refractivity (Wildman–Crippen MR) is 79.9 cm³/mol. The summed E-state index contributed by atoms with van der Waals surface area (Å²) in [4.78, 5) is 24.1. The number of halogens is 4. The molecule has 0 saturated carbocycles. The van der Waals surface area contributed by atoms with Gasteiger partial charge in [-0.3, -0.25) is 14.5 Å². The van der Waals surface area contributed by atoms with Crippen molar-refractivity contribution in [2.24, 2.45) is 11.8 Å². The Bertz CT molecular complexity index is 592. The molecule has 1 aromatic carbocycles. The lowest BCUT2D eigenvalue weighted by Crippen LogP contribution is -2.34. The largest absolute Gasteiger partial charge is 0.481 e. The van der Waals surface area contributed by atoms with Crippen LogP contribution in [-0.4, -0.2) is 47.7 Å². The fourth-order valence-electron chi connectivity index (χ4n) is 2.53. The maximum absolute atomic E-state index is 12.9. The predicted octanol–water partition coefficient (Wildman–Crippen LogP) is 2.58. The Morgan fingerprint density at radius 2 is 1.87 bits per heavy atom. The quantitative estimate of drug-likeness (QED) is 0.823. The van der Waals surface area contributed by atoms with Gasteiger partial charge in [0, 0.05) is 23.2 Å². The number of amides is 1. The summed E-state index contributed by atoms with van der Waals surface area (Å²) in [7, 11) is 0. The van der Waals surface area contributed by atoms with Crippen molar-refractivity contribution in [1.29, 1.82) is 0 Å². The van der Waals surface area contributed by atoms with Crippen LogP contribution in [0.4, 0.5) is 18.9 Å². The van der Waals surface area contributed by atoms with E-state index in [-0.39, 0.29) is 13.1 Å². The number of carboxylic acids is 1. The van der Waals surface area contributed by atoms with E-state index >= 15 is 0 Å². The molecule has 2 rings (SSSR count). The third-order valence-corrected chi connectivity index (χ3v) is 4.16. The molecule has 2 N–H and O–H groups in total. The van der Waals surface area contributed by atoms with Crippen LogP contribution in [0.5, 0.6) is 0 Å². The Morgan fingerprint density at radius 3 is 2.35 bits per heavy atom. The maximum atomic E-state index is 12.9. The summed E-state index contributed by atoms with van der Waals surface area (Å²) in [5, 5.41) is 11.5. The summed E-state index contributed by atoms with van der Waals surface area (Å²) >= 11 is 3.24. The van der Waals surface area contributed by atoms with Gasteiger partial charge in [0.1, 0.15) is 0 Å². The first-order valence-corrected chi connectivity index (χ1v) is 7.53. The standard InChI is InChI=1S/C14H14BrF3N2O3/c15-8-1-3-9(4-2-8)19-12(21)7-20-5-10(13(22)23)11(6-20)14(16,17)18/h1-4,10-11H,5-7H2,(H,19,21)(H,22,23)/t10-,11-/m1/s1. The molecule has 5 nitrogen and oxygen atoms in total. The molecule has 0 aliphatic carbocycles. The summed E-state index contributed by atoms with van der Waals surface area (Å²) in [5.41, 5.74) is 0.513. The Morgan fingerprint density at radius 1 is 1.26 bits per heavy atom. The SMILES string of the molecule is O=C(CN1C[C@@H](C(F)(F)F)[C@H](C(=O)O)C1)Nc1ccc(Br)cc1. The van der Waals surface area contributed by atoms with Gasteiger partial charge in [-0.15, -0.1) is 0 Å². The second kappa shape index (κ2) is 6.88. The highest BCUT2D eigenvalue weighted by molar-refractivity contribution is 9.10. The molecule has 1 saturated heterocycles. The van der Waals surface area contributed by atoms with E-state index in [4.69, 9.17) is 5.11 Å². The van der Waals surface area contributed by atoms with E-state index in [0.29, 0.717) is 5.69 Å². The fraction of sp³-hybridized carbons (Fsp3) is 0.429. The summed E-state index contributed by atoms with van der Waals surface area (Å²) < 4.78 is 39.4. The van der Waals surface area contributed by atoms with Crippen molar-refractivity contribution >= 4 is 33.5 Å². The maximum Gasteiger partial charge on any atom is 0.393 e. The summed E-state index contributed by atoms with van der Waals surface area (Å²) in [5.74, 6) is -5.49. The minimum absolute atomic E-state index is 0.285. The average molecular weight is 395 g/mol. The smallest absolute Gasteiger partial charge is 0.393 e. The molecule has 23 heavy (non-hydrogen) atoms. The normalized spacial score (nSPS) is 22.1. The van der Waals surface area contributed by atoms with Crippen LogP contribution in [0.3, 0.4) is 0 Å². The Labute approximate surface area is 138 Å². The fourth-order valence-corrected chi connectivity index (χ4v) is 2.80. The first-order chi connectivity index (χ1) is 10.7. The molecule has 1 fully saturated rings. The number of carboxylic acid groups (broad SMARTS) is 1. The third-order valence-electron chi connectivity index (χ3n) is 3.63. The van der Waals surface area contributed by atoms with Gasteiger partial charge in [-0.2, -0.15) is 13.2 Å². The number of nitrogens with zero attached hydrogens (tertiary/aromatic N) is 1. The van der Waals surface area contributed by atoms with Crippen molar-refractivity contribution in [3.63, 3.8) is 0 Å². The van der Waals surface area contributed by atoms with Crippen LogP contribution in [0, 0.1) is 11.8 Å². The molecule has 1 aliphatic heterocycles. The van der Waals surface area contributed by atoms with Crippen LogP contribution in [-0.2, 0) is 9.59 Å². The number of carbonyl (C=O) groups excluding carboxylic acids is 1. The van der Waals surface area contributed by atoms with E-state index < -0.39 is 36.4 Å². The van der Waals surface area contributed by atoms with E-state index in [1.54, 1.807) is 24.3 Å². The van der Waals surface area contributed by atoms with Gasteiger partial charge in [0.2, 0.25) is 5.91 Å². The zero-order valence-corrected chi connectivity index (χ0v) is 13.4. The van der Waals surface area contributed by atoms with Gasteiger partial charge in [0.25, 0.3) is 0 Å². The number of nitrogens with one attached hydrogen (secondary N) is 1. The molecule has 0 aromatic heterocycles. The molecule has 0 radical (unpaired) electrons. The van der Waals surface area contributed by atoms with Crippen LogP contribution in [0.1, 0.15) is 0 Å². The highest BCUT2D eigenvalue weighted by Crippen LogP contribution is 2.37. The molecule has 1 heterocycles. The highest BCUT2D eigenvalue weighted by Gasteiger charge is 2.52. The minimum atomic E-state index is -4.60. The van der Waals surface area contributed by atoms with Gasteiger partial charge in [-0.1, -0.05) is 15.9 Å². The van der Waals surface area contributed by atoms with Crippen molar-refractivity contribution < 1.29 is 27.9 Å². The number of hydrogen-bond donors (Lipinski definition) is 2. The van der Waals surface area contributed by atoms with Crippen LogP contribution in [0.15, 0.2) is 28.7 Å².